The highest BCUT2D eigenvalue weighted by molar-refractivity contribution is 7.91. The molecule has 7 heteroatoms. The summed E-state index contributed by atoms with van der Waals surface area (Å²) in [5, 5.41) is 3.03. The van der Waals surface area contributed by atoms with E-state index < -0.39 is 9.84 Å². The van der Waals surface area contributed by atoms with Gasteiger partial charge in [-0.2, -0.15) is 4.98 Å². The van der Waals surface area contributed by atoms with Crippen molar-refractivity contribution in [3.63, 3.8) is 0 Å². The smallest absolute Gasteiger partial charge is 0.226 e. The molecule has 1 aromatic rings. The third-order valence-corrected chi connectivity index (χ3v) is 4.42. The maximum Gasteiger partial charge on any atom is 0.226 e. The Balaban J connectivity index is 1.97. The molecule has 0 amide bonds. The average molecular weight is 271 g/mol. The van der Waals surface area contributed by atoms with Crippen LogP contribution in [0.25, 0.3) is 0 Å². The van der Waals surface area contributed by atoms with Gasteiger partial charge in [0.05, 0.1) is 18.1 Å². The third kappa shape index (κ3) is 3.56. The summed E-state index contributed by atoms with van der Waals surface area (Å²) in [6.07, 6.45) is 3.11. The maximum absolute atomic E-state index is 11.3. The number of ether oxygens (including phenoxy) is 1. The van der Waals surface area contributed by atoms with Crippen LogP contribution in [-0.2, 0) is 9.84 Å². The minimum absolute atomic E-state index is 0.101. The third-order valence-electron chi connectivity index (χ3n) is 2.65. The number of nitrogens with zero attached hydrogens (tertiary/aromatic N) is 2. The molecular weight excluding hydrogens is 254 g/mol. The molecule has 1 aromatic heterocycles. The molecule has 0 radical (unpaired) electrons. The van der Waals surface area contributed by atoms with Crippen LogP contribution >= 0.6 is 0 Å². The van der Waals surface area contributed by atoms with Crippen molar-refractivity contribution in [1.29, 1.82) is 0 Å². The van der Waals surface area contributed by atoms with Crippen LogP contribution in [0.4, 0.5) is 5.95 Å². The van der Waals surface area contributed by atoms with Gasteiger partial charge < -0.3 is 10.1 Å². The van der Waals surface area contributed by atoms with E-state index in [9.17, 15) is 8.42 Å². The van der Waals surface area contributed by atoms with Crippen molar-refractivity contribution in [2.45, 2.75) is 25.8 Å². The second kappa shape index (κ2) is 5.51. The Kier molecular flexibility index (Phi) is 4.00. The number of hydrogen-bond acceptors (Lipinski definition) is 6. The van der Waals surface area contributed by atoms with Crippen LogP contribution in [0.3, 0.4) is 0 Å². The van der Waals surface area contributed by atoms with E-state index in [1.54, 1.807) is 12.3 Å². The van der Waals surface area contributed by atoms with Gasteiger partial charge in [-0.05, 0) is 12.8 Å². The van der Waals surface area contributed by atoms with Crippen molar-refractivity contribution < 1.29 is 13.2 Å². The maximum atomic E-state index is 11.3. The number of aromatic nitrogens is 2. The molecule has 2 rings (SSSR count). The van der Waals surface area contributed by atoms with Gasteiger partial charge in [0, 0.05) is 18.3 Å². The highest BCUT2D eigenvalue weighted by Crippen LogP contribution is 2.16. The summed E-state index contributed by atoms with van der Waals surface area (Å²) in [5.41, 5.74) is 0. The Hall–Kier alpha value is -1.37. The molecule has 100 valence electrons. The van der Waals surface area contributed by atoms with Crippen LogP contribution in [-0.4, -0.2) is 42.5 Å². The molecule has 1 aliphatic rings. The van der Waals surface area contributed by atoms with Crippen molar-refractivity contribution in [3.05, 3.63) is 12.3 Å². The van der Waals surface area contributed by atoms with Gasteiger partial charge in [-0.15, -0.1) is 0 Å². The van der Waals surface area contributed by atoms with Gasteiger partial charge in [0.25, 0.3) is 0 Å². The van der Waals surface area contributed by atoms with Gasteiger partial charge in [0.15, 0.2) is 9.84 Å². The van der Waals surface area contributed by atoms with Gasteiger partial charge in [0.1, 0.15) is 0 Å². The molecule has 1 saturated heterocycles. The second-order valence-corrected chi connectivity index (χ2v) is 6.54. The normalized spacial score (nSPS) is 21.7. The lowest BCUT2D eigenvalue weighted by molar-refractivity contribution is 0.305. The standard InChI is InChI=1S/C11H17N3O3S/c1-2-6-17-10-3-5-12-11(14-10)13-9-4-7-18(15,16)8-9/h3,5,9H,2,4,6-8H2,1H3,(H,12,13,14). The minimum Gasteiger partial charge on any atom is -0.478 e. The lowest BCUT2D eigenvalue weighted by Crippen LogP contribution is -2.22. The van der Waals surface area contributed by atoms with E-state index in [0.717, 1.165) is 6.42 Å². The predicted molar refractivity (Wildman–Crippen MR) is 68.5 cm³/mol. The van der Waals surface area contributed by atoms with Crippen LogP contribution in [0.15, 0.2) is 12.3 Å². The fraction of sp³-hybridized carbons (Fsp3) is 0.636. The Labute approximate surface area is 107 Å². The van der Waals surface area contributed by atoms with E-state index >= 15 is 0 Å². The Morgan fingerprint density at radius 3 is 3.06 bits per heavy atom. The molecule has 1 N–H and O–H groups in total. The van der Waals surface area contributed by atoms with E-state index in [2.05, 4.69) is 15.3 Å². The van der Waals surface area contributed by atoms with Crippen LogP contribution in [0.1, 0.15) is 19.8 Å². The topological polar surface area (TPSA) is 81.2 Å². The van der Waals surface area contributed by atoms with Crippen molar-refractivity contribution >= 4 is 15.8 Å². The molecule has 0 bridgehead atoms. The first-order chi connectivity index (χ1) is 8.59. The number of hydrogen-bond donors (Lipinski definition) is 1. The molecule has 18 heavy (non-hydrogen) atoms. The zero-order valence-corrected chi connectivity index (χ0v) is 11.1. The first-order valence-corrected chi connectivity index (χ1v) is 7.84. The summed E-state index contributed by atoms with van der Waals surface area (Å²) < 4.78 is 28.1. The highest BCUT2D eigenvalue weighted by Gasteiger charge is 2.28. The molecular formula is C11H17N3O3S. The number of nitrogens with one attached hydrogen (secondary N) is 1. The quantitative estimate of drug-likeness (QED) is 0.855. The van der Waals surface area contributed by atoms with Crippen molar-refractivity contribution in [3.8, 4) is 5.88 Å². The fourth-order valence-corrected chi connectivity index (χ4v) is 3.46. The Bertz CT molecular complexity index is 504. The lowest BCUT2D eigenvalue weighted by atomic mass is 10.3. The van der Waals surface area contributed by atoms with Crippen LogP contribution in [0.2, 0.25) is 0 Å². The van der Waals surface area contributed by atoms with Crippen LogP contribution in [0, 0.1) is 0 Å². The summed E-state index contributed by atoms with van der Waals surface area (Å²) in [4.78, 5) is 8.24. The summed E-state index contributed by atoms with van der Waals surface area (Å²) in [6.45, 7) is 2.62. The van der Waals surface area contributed by atoms with Crippen molar-refractivity contribution in [1.82, 2.24) is 9.97 Å². The predicted octanol–water partition coefficient (Wildman–Crippen LogP) is 0.864. The zero-order chi connectivity index (χ0) is 13.0. The van der Waals surface area contributed by atoms with E-state index in [-0.39, 0.29) is 17.5 Å². The lowest BCUT2D eigenvalue weighted by Gasteiger charge is -2.11. The van der Waals surface area contributed by atoms with Gasteiger partial charge in [-0.1, -0.05) is 6.92 Å². The number of sulfone groups is 1. The summed E-state index contributed by atoms with van der Waals surface area (Å²) in [6, 6.07) is 1.59. The van der Waals surface area contributed by atoms with Gasteiger partial charge in [-0.3, -0.25) is 0 Å². The highest BCUT2D eigenvalue weighted by atomic mass is 32.2. The van der Waals surface area contributed by atoms with E-state index in [0.29, 0.717) is 24.9 Å². The number of anilines is 1. The van der Waals surface area contributed by atoms with E-state index in [4.69, 9.17) is 4.74 Å². The Morgan fingerprint density at radius 1 is 1.56 bits per heavy atom. The molecule has 1 fully saturated rings. The molecule has 0 aromatic carbocycles. The molecule has 1 unspecified atom stereocenters. The monoisotopic (exact) mass is 271 g/mol. The molecule has 0 saturated carbocycles. The summed E-state index contributed by atoms with van der Waals surface area (Å²) >= 11 is 0. The molecule has 0 spiro atoms. The van der Waals surface area contributed by atoms with Crippen LogP contribution < -0.4 is 10.1 Å². The summed E-state index contributed by atoms with van der Waals surface area (Å²) in [7, 11) is -2.89. The van der Waals surface area contributed by atoms with Gasteiger partial charge >= 0.3 is 0 Å². The van der Waals surface area contributed by atoms with Crippen molar-refractivity contribution in [2.75, 3.05) is 23.4 Å². The zero-order valence-electron chi connectivity index (χ0n) is 10.3. The van der Waals surface area contributed by atoms with Crippen LogP contribution in [0.5, 0.6) is 5.88 Å². The number of rotatable bonds is 5. The SMILES string of the molecule is CCCOc1ccnc(NC2CCS(=O)(=O)C2)n1. The first kappa shape index (κ1) is 13.1. The molecule has 2 heterocycles. The molecule has 1 atom stereocenters. The largest absolute Gasteiger partial charge is 0.478 e. The molecule has 6 nitrogen and oxygen atoms in total. The van der Waals surface area contributed by atoms with Gasteiger partial charge in [-0.25, -0.2) is 13.4 Å². The Morgan fingerprint density at radius 2 is 2.39 bits per heavy atom. The second-order valence-electron chi connectivity index (χ2n) is 4.31. The minimum atomic E-state index is -2.89. The average Bonchev–Trinajstić information content (AvgIpc) is 2.66. The van der Waals surface area contributed by atoms with E-state index in [1.165, 1.54) is 0 Å². The van der Waals surface area contributed by atoms with Crippen molar-refractivity contribution in [2.24, 2.45) is 0 Å². The van der Waals surface area contributed by atoms with Gasteiger partial charge in [0.2, 0.25) is 11.8 Å². The first-order valence-electron chi connectivity index (χ1n) is 6.02. The molecule has 0 aliphatic carbocycles. The van der Waals surface area contributed by atoms with E-state index in [1.807, 2.05) is 6.92 Å². The molecule has 1 aliphatic heterocycles. The summed E-state index contributed by atoms with van der Waals surface area (Å²) in [5.74, 6) is 1.31. The fourth-order valence-electron chi connectivity index (χ4n) is 1.79.